The SMILES string of the molecule is NC(=O)CC1CCN(Cc2cc(N)cc(F)c2)CC1. The van der Waals surface area contributed by atoms with Crippen molar-refractivity contribution < 1.29 is 9.18 Å². The van der Waals surface area contributed by atoms with Gasteiger partial charge in [0.15, 0.2) is 0 Å². The maximum absolute atomic E-state index is 13.2. The van der Waals surface area contributed by atoms with Crippen LogP contribution in [0, 0.1) is 11.7 Å². The van der Waals surface area contributed by atoms with Crippen LogP contribution in [-0.2, 0) is 11.3 Å². The second-order valence-corrected chi connectivity index (χ2v) is 5.28. The molecule has 0 aliphatic carbocycles. The molecule has 0 spiro atoms. The smallest absolute Gasteiger partial charge is 0.217 e. The van der Waals surface area contributed by atoms with Gasteiger partial charge in [-0.05, 0) is 55.6 Å². The monoisotopic (exact) mass is 265 g/mol. The van der Waals surface area contributed by atoms with Crippen LogP contribution >= 0.6 is 0 Å². The van der Waals surface area contributed by atoms with Crippen LogP contribution in [0.25, 0.3) is 0 Å². The van der Waals surface area contributed by atoms with E-state index in [1.807, 2.05) is 0 Å². The van der Waals surface area contributed by atoms with Gasteiger partial charge in [0.25, 0.3) is 0 Å². The minimum absolute atomic E-state index is 0.226. The van der Waals surface area contributed by atoms with Gasteiger partial charge in [0.1, 0.15) is 5.82 Å². The number of likely N-dealkylation sites (tertiary alicyclic amines) is 1. The van der Waals surface area contributed by atoms with Crippen LogP contribution in [0.5, 0.6) is 0 Å². The molecular weight excluding hydrogens is 245 g/mol. The molecule has 5 heteroatoms. The van der Waals surface area contributed by atoms with Crippen molar-refractivity contribution in [3.8, 4) is 0 Å². The van der Waals surface area contributed by atoms with E-state index >= 15 is 0 Å². The van der Waals surface area contributed by atoms with E-state index in [0.29, 0.717) is 24.6 Å². The van der Waals surface area contributed by atoms with Crippen molar-refractivity contribution in [2.75, 3.05) is 18.8 Å². The van der Waals surface area contributed by atoms with Gasteiger partial charge in [-0.15, -0.1) is 0 Å². The van der Waals surface area contributed by atoms with E-state index in [4.69, 9.17) is 11.5 Å². The summed E-state index contributed by atoms with van der Waals surface area (Å²) >= 11 is 0. The van der Waals surface area contributed by atoms with Crippen LogP contribution in [0.2, 0.25) is 0 Å². The van der Waals surface area contributed by atoms with Crippen LogP contribution in [-0.4, -0.2) is 23.9 Å². The Morgan fingerprint density at radius 1 is 1.32 bits per heavy atom. The third-order valence-corrected chi connectivity index (χ3v) is 3.58. The van der Waals surface area contributed by atoms with Gasteiger partial charge in [0, 0.05) is 18.7 Å². The molecular formula is C14H20FN3O. The molecule has 1 amide bonds. The highest BCUT2D eigenvalue weighted by Gasteiger charge is 2.20. The van der Waals surface area contributed by atoms with Gasteiger partial charge >= 0.3 is 0 Å². The molecule has 0 atom stereocenters. The quantitative estimate of drug-likeness (QED) is 0.810. The molecule has 1 aliphatic heterocycles. The topological polar surface area (TPSA) is 72.4 Å². The zero-order valence-electron chi connectivity index (χ0n) is 10.9. The lowest BCUT2D eigenvalue weighted by molar-refractivity contribution is -0.119. The molecule has 1 aliphatic rings. The molecule has 104 valence electrons. The summed E-state index contributed by atoms with van der Waals surface area (Å²) in [4.78, 5) is 13.1. The van der Waals surface area contributed by atoms with Crippen LogP contribution < -0.4 is 11.5 Å². The Balaban J connectivity index is 1.86. The third-order valence-electron chi connectivity index (χ3n) is 3.58. The van der Waals surface area contributed by atoms with Crippen LogP contribution in [0.1, 0.15) is 24.8 Å². The molecule has 1 fully saturated rings. The van der Waals surface area contributed by atoms with Crippen molar-refractivity contribution in [1.29, 1.82) is 0 Å². The Morgan fingerprint density at radius 3 is 2.58 bits per heavy atom. The van der Waals surface area contributed by atoms with Crippen molar-refractivity contribution in [3.05, 3.63) is 29.6 Å². The molecule has 1 saturated heterocycles. The number of carbonyl (C=O) groups excluding carboxylic acids is 1. The highest BCUT2D eigenvalue weighted by Crippen LogP contribution is 2.22. The van der Waals surface area contributed by atoms with Crippen molar-refractivity contribution in [2.45, 2.75) is 25.8 Å². The molecule has 2 rings (SSSR count). The molecule has 0 bridgehead atoms. The first kappa shape index (κ1) is 13.8. The van der Waals surface area contributed by atoms with Gasteiger partial charge < -0.3 is 11.5 Å². The lowest BCUT2D eigenvalue weighted by Gasteiger charge is -2.31. The number of anilines is 1. The Morgan fingerprint density at radius 2 is 2.00 bits per heavy atom. The van der Waals surface area contributed by atoms with Gasteiger partial charge in [0.05, 0.1) is 0 Å². The van der Waals surface area contributed by atoms with E-state index in [1.165, 1.54) is 12.1 Å². The number of hydrogen-bond donors (Lipinski definition) is 2. The Kier molecular flexibility index (Phi) is 4.37. The first-order valence-electron chi connectivity index (χ1n) is 6.58. The van der Waals surface area contributed by atoms with Crippen molar-refractivity contribution in [1.82, 2.24) is 4.90 Å². The fraction of sp³-hybridized carbons (Fsp3) is 0.500. The second kappa shape index (κ2) is 6.02. The first-order chi connectivity index (χ1) is 9.02. The van der Waals surface area contributed by atoms with E-state index in [0.717, 1.165) is 31.5 Å². The number of carbonyl (C=O) groups is 1. The minimum Gasteiger partial charge on any atom is -0.399 e. The molecule has 4 N–H and O–H groups in total. The number of nitrogens with two attached hydrogens (primary N) is 2. The fourth-order valence-corrected chi connectivity index (χ4v) is 2.66. The summed E-state index contributed by atoms with van der Waals surface area (Å²) in [6, 6.07) is 4.65. The number of primary amides is 1. The average Bonchev–Trinajstić information content (AvgIpc) is 2.29. The standard InChI is InChI=1S/C14H20FN3O/c15-12-5-11(6-13(16)8-12)9-18-3-1-10(2-4-18)7-14(17)19/h5-6,8,10H,1-4,7,9,16H2,(H2,17,19). The van der Waals surface area contributed by atoms with E-state index in [2.05, 4.69) is 4.90 Å². The van der Waals surface area contributed by atoms with E-state index in [-0.39, 0.29) is 11.7 Å². The predicted octanol–water partition coefficient (Wildman–Crippen LogP) is 1.50. The van der Waals surface area contributed by atoms with Crippen molar-refractivity contribution >= 4 is 11.6 Å². The molecule has 0 aromatic heterocycles. The van der Waals surface area contributed by atoms with Crippen molar-refractivity contribution in [3.63, 3.8) is 0 Å². The fourth-order valence-electron chi connectivity index (χ4n) is 2.66. The molecule has 1 heterocycles. The van der Waals surface area contributed by atoms with Crippen LogP contribution in [0.3, 0.4) is 0 Å². The lowest BCUT2D eigenvalue weighted by Crippen LogP contribution is -2.34. The molecule has 1 aromatic carbocycles. The number of benzene rings is 1. The number of amides is 1. The normalized spacial score (nSPS) is 17.5. The second-order valence-electron chi connectivity index (χ2n) is 5.28. The number of nitrogens with zero attached hydrogens (tertiary/aromatic N) is 1. The summed E-state index contributed by atoms with van der Waals surface area (Å²) in [6.07, 6.45) is 2.40. The first-order valence-corrected chi connectivity index (χ1v) is 6.58. The summed E-state index contributed by atoms with van der Waals surface area (Å²) in [7, 11) is 0. The Labute approximate surface area is 112 Å². The lowest BCUT2D eigenvalue weighted by atomic mass is 9.93. The molecule has 0 unspecified atom stereocenters. The Hall–Kier alpha value is -1.62. The van der Waals surface area contributed by atoms with Gasteiger partial charge in [-0.2, -0.15) is 0 Å². The van der Waals surface area contributed by atoms with Crippen LogP contribution in [0.15, 0.2) is 18.2 Å². The summed E-state index contributed by atoms with van der Waals surface area (Å²) in [5.74, 6) is -0.124. The van der Waals surface area contributed by atoms with E-state index < -0.39 is 0 Å². The van der Waals surface area contributed by atoms with E-state index in [9.17, 15) is 9.18 Å². The highest BCUT2D eigenvalue weighted by molar-refractivity contribution is 5.73. The molecule has 4 nitrogen and oxygen atoms in total. The maximum Gasteiger partial charge on any atom is 0.217 e. The zero-order valence-corrected chi connectivity index (χ0v) is 10.9. The number of hydrogen-bond acceptors (Lipinski definition) is 3. The number of nitrogen functional groups attached to an aromatic ring is 1. The third kappa shape index (κ3) is 4.21. The summed E-state index contributed by atoms with van der Waals surface area (Å²) in [5.41, 5.74) is 12.2. The largest absolute Gasteiger partial charge is 0.399 e. The van der Waals surface area contributed by atoms with Gasteiger partial charge in [-0.3, -0.25) is 9.69 Å². The number of rotatable bonds is 4. The van der Waals surface area contributed by atoms with Gasteiger partial charge in [0.2, 0.25) is 5.91 Å². The van der Waals surface area contributed by atoms with Crippen molar-refractivity contribution in [2.24, 2.45) is 11.7 Å². The molecule has 0 radical (unpaired) electrons. The minimum atomic E-state index is -0.293. The predicted molar refractivity (Wildman–Crippen MR) is 72.6 cm³/mol. The zero-order chi connectivity index (χ0) is 13.8. The molecule has 19 heavy (non-hydrogen) atoms. The highest BCUT2D eigenvalue weighted by atomic mass is 19.1. The van der Waals surface area contributed by atoms with E-state index in [1.54, 1.807) is 6.07 Å². The number of halogens is 1. The maximum atomic E-state index is 13.2. The number of piperidine rings is 1. The van der Waals surface area contributed by atoms with Gasteiger partial charge in [-0.25, -0.2) is 4.39 Å². The van der Waals surface area contributed by atoms with Gasteiger partial charge in [-0.1, -0.05) is 0 Å². The average molecular weight is 265 g/mol. The molecule has 0 saturated carbocycles. The summed E-state index contributed by atoms with van der Waals surface area (Å²) in [5, 5.41) is 0. The Bertz CT molecular complexity index is 436. The van der Waals surface area contributed by atoms with Crippen LogP contribution in [0.4, 0.5) is 10.1 Å². The summed E-state index contributed by atoms with van der Waals surface area (Å²) in [6.45, 7) is 2.52. The molecule has 1 aromatic rings. The summed E-state index contributed by atoms with van der Waals surface area (Å²) < 4.78 is 13.2.